The Hall–Kier alpha value is -1.95. The highest BCUT2D eigenvalue weighted by Gasteiger charge is 2.09. The van der Waals surface area contributed by atoms with E-state index < -0.39 is 4.92 Å². The minimum absolute atomic E-state index is 0.255. The summed E-state index contributed by atoms with van der Waals surface area (Å²) in [7, 11) is 0. The molecule has 0 N–H and O–H groups in total. The van der Waals surface area contributed by atoms with Crippen LogP contribution >= 0.6 is 11.3 Å². The number of thiazole rings is 1. The molecule has 82 valence electrons. The van der Waals surface area contributed by atoms with Gasteiger partial charge in [-0.25, -0.2) is 4.98 Å². The van der Waals surface area contributed by atoms with Crippen molar-refractivity contribution >= 4 is 29.4 Å². The SMILES string of the molecule is Cc1csc(/C=C/c2ccc([N+](=O)[O-])o2)n1. The first-order valence-electron chi connectivity index (χ1n) is 4.49. The number of rotatable bonds is 3. The zero-order chi connectivity index (χ0) is 11.5. The average Bonchev–Trinajstić information content (AvgIpc) is 2.83. The van der Waals surface area contributed by atoms with Crippen LogP contribution in [-0.4, -0.2) is 9.91 Å². The molecule has 0 radical (unpaired) electrons. The van der Waals surface area contributed by atoms with Crippen molar-refractivity contribution in [3.8, 4) is 0 Å². The van der Waals surface area contributed by atoms with Gasteiger partial charge in [-0.1, -0.05) is 0 Å². The first-order chi connectivity index (χ1) is 7.65. The summed E-state index contributed by atoms with van der Waals surface area (Å²) < 4.78 is 4.96. The van der Waals surface area contributed by atoms with Crippen molar-refractivity contribution in [2.75, 3.05) is 0 Å². The summed E-state index contributed by atoms with van der Waals surface area (Å²) >= 11 is 1.51. The van der Waals surface area contributed by atoms with E-state index in [0.717, 1.165) is 10.7 Å². The van der Waals surface area contributed by atoms with E-state index in [1.165, 1.54) is 17.4 Å². The van der Waals surface area contributed by atoms with Crippen molar-refractivity contribution < 1.29 is 9.34 Å². The lowest BCUT2D eigenvalue weighted by Crippen LogP contribution is -1.82. The lowest BCUT2D eigenvalue weighted by molar-refractivity contribution is -0.402. The highest BCUT2D eigenvalue weighted by molar-refractivity contribution is 7.10. The Balaban J connectivity index is 2.14. The van der Waals surface area contributed by atoms with Gasteiger partial charge in [0.05, 0.1) is 6.07 Å². The molecule has 2 rings (SSSR count). The van der Waals surface area contributed by atoms with Gasteiger partial charge in [-0.2, -0.15) is 0 Å². The molecule has 0 saturated heterocycles. The van der Waals surface area contributed by atoms with Gasteiger partial charge in [0.15, 0.2) is 0 Å². The van der Waals surface area contributed by atoms with Gasteiger partial charge in [0.25, 0.3) is 0 Å². The van der Waals surface area contributed by atoms with Crippen LogP contribution in [0.2, 0.25) is 0 Å². The van der Waals surface area contributed by atoms with Crippen molar-refractivity contribution in [3.63, 3.8) is 0 Å². The van der Waals surface area contributed by atoms with Crippen LogP contribution in [0.4, 0.5) is 5.88 Å². The molecule has 0 atom stereocenters. The number of aryl methyl sites for hydroxylation is 1. The third-order valence-electron chi connectivity index (χ3n) is 1.82. The van der Waals surface area contributed by atoms with Crippen LogP contribution in [-0.2, 0) is 0 Å². The molecule has 2 aromatic heterocycles. The van der Waals surface area contributed by atoms with E-state index in [0.29, 0.717) is 5.76 Å². The zero-order valence-corrected chi connectivity index (χ0v) is 9.23. The first kappa shape index (κ1) is 10.6. The van der Waals surface area contributed by atoms with Gasteiger partial charge in [0.2, 0.25) is 0 Å². The van der Waals surface area contributed by atoms with Gasteiger partial charge in [-0.05, 0) is 25.1 Å². The molecule has 0 saturated carbocycles. The molecule has 0 fully saturated rings. The molecule has 0 aromatic carbocycles. The number of aromatic nitrogens is 1. The maximum absolute atomic E-state index is 10.4. The standard InChI is InChI=1S/C10H8N2O3S/c1-7-6-16-9(11-7)4-2-8-3-5-10(15-8)12(13)14/h2-6H,1H3/b4-2+. The highest BCUT2D eigenvalue weighted by atomic mass is 32.1. The Morgan fingerprint density at radius 1 is 1.50 bits per heavy atom. The summed E-state index contributed by atoms with van der Waals surface area (Å²) in [4.78, 5) is 14.0. The number of hydrogen-bond donors (Lipinski definition) is 0. The molecule has 0 unspecified atom stereocenters. The van der Waals surface area contributed by atoms with Crippen molar-refractivity contribution in [1.82, 2.24) is 4.98 Å². The van der Waals surface area contributed by atoms with E-state index in [1.807, 2.05) is 12.3 Å². The van der Waals surface area contributed by atoms with E-state index in [1.54, 1.807) is 18.2 Å². The Labute approximate surface area is 95.2 Å². The molecular formula is C10H8N2O3S. The molecule has 6 heteroatoms. The summed E-state index contributed by atoms with van der Waals surface area (Å²) in [5.41, 5.74) is 0.954. The Kier molecular flexibility index (Phi) is 2.82. The van der Waals surface area contributed by atoms with Crippen LogP contribution in [0, 0.1) is 17.0 Å². The Bertz CT molecular complexity index is 542. The highest BCUT2D eigenvalue weighted by Crippen LogP contribution is 2.18. The van der Waals surface area contributed by atoms with E-state index >= 15 is 0 Å². The Morgan fingerprint density at radius 2 is 2.31 bits per heavy atom. The van der Waals surface area contributed by atoms with Gasteiger partial charge in [0.1, 0.15) is 15.7 Å². The van der Waals surface area contributed by atoms with Crippen LogP contribution in [0.15, 0.2) is 21.9 Å². The lowest BCUT2D eigenvalue weighted by Gasteiger charge is -1.84. The van der Waals surface area contributed by atoms with Crippen LogP contribution < -0.4 is 0 Å². The predicted octanol–water partition coefficient (Wildman–Crippen LogP) is 3.12. The molecule has 0 spiro atoms. The van der Waals surface area contributed by atoms with Crippen LogP contribution in [0.1, 0.15) is 16.5 Å². The van der Waals surface area contributed by atoms with Crippen molar-refractivity contribution in [3.05, 3.63) is 44.1 Å². The number of furan rings is 1. The molecule has 0 aliphatic carbocycles. The van der Waals surface area contributed by atoms with E-state index in [9.17, 15) is 10.1 Å². The number of nitrogens with zero attached hydrogens (tertiary/aromatic N) is 2. The van der Waals surface area contributed by atoms with Gasteiger partial charge in [-0.3, -0.25) is 10.1 Å². The smallest absolute Gasteiger partial charge is 0.401 e. The van der Waals surface area contributed by atoms with Crippen molar-refractivity contribution in [2.45, 2.75) is 6.92 Å². The maximum Gasteiger partial charge on any atom is 0.433 e. The summed E-state index contributed by atoms with van der Waals surface area (Å²) in [6, 6.07) is 2.88. The van der Waals surface area contributed by atoms with E-state index in [-0.39, 0.29) is 5.88 Å². The third-order valence-corrected chi connectivity index (χ3v) is 2.75. The van der Waals surface area contributed by atoms with E-state index in [4.69, 9.17) is 4.42 Å². The summed E-state index contributed by atoms with van der Waals surface area (Å²) in [5.74, 6) is 0.189. The molecule has 2 heterocycles. The fourth-order valence-electron chi connectivity index (χ4n) is 1.13. The predicted molar refractivity (Wildman–Crippen MR) is 61.1 cm³/mol. The number of hydrogen-bond acceptors (Lipinski definition) is 5. The molecule has 2 aromatic rings. The van der Waals surface area contributed by atoms with Crippen LogP contribution in [0.3, 0.4) is 0 Å². The van der Waals surface area contributed by atoms with Gasteiger partial charge in [-0.15, -0.1) is 11.3 Å². The van der Waals surface area contributed by atoms with Gasteiger partial charge < -0.3 is 4.42 Å². The monoisotopic (exact) mass is 236 g/mol. The molecule has 0 aliphatic heterocycles. The largest absolute Gasteiger partial charge is 0.433 e. The second-order valence-electron chi connectivity index (χ2n) is 3.09. The first-order valence-corrected chi connectivity index (χ1v) is 5.37. The third kappa shape index (κ3) is 2.34. The minimum Gasteiger partial charge on any atom is -0.401 e. The fraction of sp³-hybridized carbons (Fsp3) is 0.100. The summed E-state index contributed by atoms with van der Waals surface area (Å²) in [6.07, 6.45) is 3.42. The minimum atomic E-state index is -0.565. The van der Waals surface area contributed by atoms with Gasteiger partial charge in [0, 0.05) is 11.1 Å². The van der Waals surface area contributed by atoms with Crippen molar-refractivity contribution in [2.24, 2.45) is 0 Å². The topological polar surface area (TPSA) is 69.2 Å². The summed E-state index contributed by atoms with van der Waals surface area (Å²) in [5, 5.41) is 13.1. The molecule has 0 amide bonds. The second kappa shape index (κ2) is 4.28. The summed E-state index contributed by atoms with van der Waals surface area (Å²) in [6.45, 7) is 1.91. The lowest BCUT2D eigenvalue weighted by atomic mass is 10.4. The molecular weight excluding hydrogens is 228 g/mol. The fourth-order valence-corrected chi connectivity index (χ4v) is 1.82. The normalized spacial score (nSPS) is 11.1. The molecule has 0 bridgehead atoms. The van der Waals surface area contributed by atoms with Crippen LogP contribution in [0.5, 0.6) is 0 Å². The molecule has 5 nitrogen and oxygen atoms in total. The van der Waals surface area contributed by atoms with E-state index in [2.05, 4.69) is 4.98 Å². The zero-order valence-electron chi connectivity index (χ0n) is 8.41. The molecule has 16 heavy (non-hydrogen) atoms. The Morgan fingerprint density at radius 3 is 2.88 bits per heavy atom. The molecule has 0 aliphatic rings. The number of nitro groups is 1. The quantitative estimate of drug-likeness (QED) is 0.606. The average molecular weight is 236 g/mol. The van der Waals surface area contributed by atoms with Crippen molar-refractivity contribution in [1.29, 1.82) is 0 Å². The second-order valence-corrected chi connectivity index (χ2v) is 3.98. The maximum atomic E-state index is 10.4. The van der Waals surface area contributed by atoms with Gasteiger partial charge >= 0.3 is 5.88 Å². The van der Waals surface area contributed by atoms with Crippen LogP contribution in [0.25, 0.3) is 12.2 Å².